The van der Waals surface area contributed by atoms with Crippen molar-refractivity contribution in [2.24, 2.45) is 0 Å². The molecule has 2 fully saturated rings. The first-order valence-corrected chi connectivity index (χ1v) is 10.3. The molecule has 0 aromatic heterocycles. The molecule has 164 valence electrons. The molecular weight excluding hydrogens is 400 g/mol. The Bertz CT molecular complexity index is 893. The second-order valence-corrected chi connectivity index (χ2v) is 7.73. The van der Waals surface area contributed by atoms with Gasteiger partial charge in [-0.3, -0.25) is 9.69 Å². The molecule has 0 bridgehead atoms. The van der Waals surface area contributed by atoms with Gasteiger partial charge in [-0.2, -0.15) is 0 Å². The van der Waals surface area contributed by atoms with Gasteiger partial charge in [-0.1, -0.05) is 60.7 Å². The van der Waals surface area contributed by atoms with Crippen LogP contribution in [0.25, 0.3) is 0 Å². The molecule has 0 saturated carbocycles. The van der Waals surface area contributed by atoms with E-state index in [0.29, 0.717) is 0 Å². The highest BCUT2D eigenvalue weighted by atomic mass is 16.7. The van der Waals surface area contributed by atoms with Crippen molar-refractivity contribution >= 4 is 12.0 Å². The van der Waals surface area contributed by atoms with Crippen molar-refractivity contribution in [1.29, 1.82) is 0 Å². The maximum atomic E-state index is 12.9. The Kier molecular flexibility index (Phi) is 6.50. The number of carbonyl (C=O) groups is 2. The van der Waals surface area contributed by atoms with Crippen LogP contribution in [0.4, 0.5) is 4.79 Å². The monoisotopic (exact) mass is 426 g/mol. The molecule has 0 spiro atoms. The van der Waals surface area contributed by atoms with Gasteiger partial charge in [0.1, 0.15) is 18.8 Å². The van der Waals surface area contributed by atoms with Crippen LogP contribution in [-0.2, 0) is 25.6 Å². The fourth-order valence-electron chi connectivity index (χ4n) is 4.00. The number of hydrogen-bond acceptors (Lipinski definition) is 6. The van der Waals surface area contributed by atoms with Crippen LogP contribution in [-0.4, -0.2) is 59.5 Å². The van der Waals surface area contributed by atoms with Gasteiger partial charge in [-0.25, -0.2) is 4.79 Å². The zero-order valence-electron chi connectivity index (χ0n) is 17.2. The molecule has 8 nitrogen and oxygen atoms in total. The van der Waals surface area contributed by atoms with Crippen LogP contribution < -0.4 is 5.32 Å². The van der Waals surface area contributed by atoms with Crippen LogP contribution >= 0.6 is 0 Å². The number of likely N-dealkylation sites (tertiary alicyclic amines) is 1. The van der Waals surface area contributed by atoms with Gasteiger partial charge in [0, 0.05) is 19.0 Å². The SMILES string of the molecule is CC(=O)N[C@H]1CN(C(=O)OCc2ccccc2)[C@@H]2COC(c3ccccc3)O[C@H]2[C@@H]1O. The van der Waals surface area contributed by atoms with E-state index >= 15 is 0 Å². The van der Waals surface area contributed by atoms with Gasteiger partial charge < -0.3 is 24.6 Å². The summed E-state index contributed by atoms with van der Waals surface area (Å²) in [6, 6.07) is 17.5. The maximum absolute atomic E-state index is 12.9. The molecule has 2 heterocycles. The van der Waals surface area contributed by atoms with Gasteiger partial charge in [0.25, 0.3) is 0 Å². The zero-order chi connectivity index (χ0) is 21.8. The highest BCUT2D eigenvalue weighted by Gasteiger charge is 2.50. The Hall–Kier alpha value is -2.94. The molecule has 1 unspecified atom stereocenters. The number of nitrogens with one attached hydrogen (secondary N) is 1. The van der Waals surface area contributed by atoms with Gasteiger partial charge >= 0.3 is 6.09 Å². The summed E-state index contributed by atoms with van der Waals surface area (Å²) < 4.78 is 17.4. The topological polar surface area (TPSA) is 97.3 Å². The van der Waals surface area contributed by atoms with Crippen molar-refractivity contribution in [2.75, 3.05) is 13.2 Å². The van der Waals surface area contributed by atoms with E-state index in [2.05, 4.69) is 5.32 Å². The van der Waals surface area contributed by atoms with Crippen molar-refractivity contribution in [3.63, 3.8) is 0 Å². The summed E-state index contributed by atoms with van der Waals surface area (Å²) in [4.78, 5) is 26.1. The average Bonchev–Trinajstić information content (AvgIpc) is 2.80. The van der Waals surface area contributed by atoms with E-state index in [-0.39, 0.29) is 25.7 Å². The summed E-state index contributed by atoms with van der Waals surface area (Å²) in [5.74, 6) is -0.299. The van der Waals surface area contributed by atoms with E-state index in [1.165, 1.54) is 11.8 Å². The molecule has 0 aliphatic carbocycles. The normalized spacial score (nSPS) is 27.8. The third-order valence-electron chi connectivity index (χ3n) is 5.52. The van der Waals surface area contributed by atoms with E-state index in [0.717, 1.165) is 11.1 Å². The van der Waals surface area contributed by atoms with Crippen molar-refractivity contribution in [3.05, 3.63) is 71.8 Å². The minimum absolute atomic E-state index is 0.0955. The molecule has 31 heavy (non-hydrogen) atoms. The summed E-state index contributed by atoms with van der Waals surface area (Å²) in [6.45, 7) is 1.76. The van der Waals surface area contributed by atoms with Crippen LogP contribution in [0, 0.1) is 0 Å². The number of ether oxygens (including phenoxy) is 3. The molecule has 4 rings (SSSR count). The number of fused-ring (bicyclic) bond motifs is 1. The molecule has 8 heteroatoms. The van der Waals surface area contributed by atoms with Crippen LogP contribution in [0.2, 0.25) is 0 Å². The molecule has 2 N–H and O–H groups in total. The van der Waals surface area contributed by atoms with Gasteiger partial charge in [0.05, 0.1) is 18.7 Å². The Morgan fingerprint density at radius 3 is 2.48 bits per heavy atom. The standard InChI is InChI=1S/C23H26N2O6/c1-15(26)24-18-12-25(23(28)30-13-16-8-4-2-5-9-16)19-14-29-22(31-21(19)20(18)27)17-10-6-3-7-11-17/h2-11,18-22,27H,12-14H2,1H3,(H,24,26)/t18-,19+,20+,21+,22?/m0/s1. The Labute approximate surface area is 180 Å². The first-order valence-electron chi connectivity index (χ1n) is 10.3. The maximum Gasteiger partial charge on any atom is 0.410 e. The summed E-state index contributed by atoms with van der Waals surface area (Å²) >= 11 is 0. The fraction of sp³-hybridized carbons (Fsp3) is 0.391. The van der Waals surface area contributed by atoms with E-state index in [1.807, 2.05) is 60.7 Å². The lowest BCUT2D eigenvalue weighted by Crippen LogP contribution is -2.69. The molecule has 2 amide bonds. The quantitative estimate of drug-likeness (QED) is 0.776. The Morgan fingerprint density at radius 2 is 1.81 bits per heavy atom. The predicted octanol–water partition coefficient (Wildman–Crippen LogP) is 1.99. The van der Waals surface area contributed by atoms with Crippen molar-refractivity contribution in [3.8, 4) is 0 Å². The Morgan fingerprint density at radius 1 is 1.13 bits per heavy atom. The second-order valence-electron chi connectivity index (χ2n) is 7.73. The van der Waals surface area contributed by atoms with Gasteiger partial charge in [0.15, 0.2) is 6.29 Å². The van der Waals surface area contributed by atoms with Crippen molar-refractivity contribution < 1.29 is 28.9 Å². The minimum atomic E-state index is -0.998. The lowest BCUT2D eigenvalue weighted by atomic mass is 9.91. The number of nitrogens with zero attached hydrogens (tertiary/aromatic N) is 1. The largest absolute Gasteiger partial charge is 0.445 e. The van der Waals surface area contributed by atoms with Gasteiger partial charge in [0.2, 0.25) is 5.91 Å². The van der Waals surface area contributed by atoms with Gasteiger partial charge in [-0.15, -0.1) is 0 Å². The van der Waals surface area contributed by atoms with E-state index in [9.17, 15) is 14.7 Å². The number of rotatable bonds is 4. The zero-order valence-corrected chi connectivity index (χ0v) is 17.2. The molecular formula is C23H26N2O6. The third kappa shape index (κ3) is 4.87. The summed E-state index contributed by atoms with van der Waals surface area (Å²) in [6.07, 6.45) is -2.96. The molecule has 2 aliphatic heterocycles. The molecule has 2 aromatic carbocycles. The van der Waals surface area contributed by atoms with Crippen LogP contribution in [0.1, 0.15) is 24.3 Å². The number of aliphatic hydroxyl groups excluding tert-OH is 1. The number of aliphatic hydroxyl groups is 1. The smallest absolute Gasteiger partial charge is 0.410 e. The number of hydrogen-bond donors (Lipinski definition) is 2. The van der Waals surface area contributed by atoms with E-state index in [4.69, 9.17) is 14.2 Å². The first-order chi connectivity index (χ1) is 15.0. The lowest BCUT2D eigenvalue weighted by Gasteiger charge is -2.49. The third-order valence-corrected chi connectivity index (χ3v) is 5.52. The van der Waals surface area contributed by atoms with Crippen LogP contribution in [0.5, 0.6) is 0 Å². The Balaban J connectivity index is 1.51. The summed E-state index contributed by atoms with van der Waals surface area (Å²) in [5.41, 5.74) is 1.68. The van der Waals surface area contributed by atoms with E-state index < -0.39 is 36.7 Å². The summed E-state index contributed by atoms with van der Waals surface area (Å²) in [7, 11) is 0. The van der Waals surface area contributed by atoms with Gasteiger partial charge in [-0.05, 0) is 5.56 Å². The minimum Gasteiger partial charge on any atom is -0.445 e. The van der Waals surface area contributed by atoms with Crippen LogP contribution in [0.15, 0.2) is 60.7 Å². The number of carbonyl (C=O) groups excluding carboxylic acids is 2. The summed E-state index contributed by atoms with van der Waals surface area (Å²) in [5, 5.41) is 13.6. The van der Waals surface area contributed by atoms with Crippen LogP contribution in [0.3, 0.4) is 0 Å². The lowest BCUT2D eigenvalue weighted by molar-refractivity contribution is -0.274. The number of amides is 2. The van der Waals surface area contributed by atoms with E-state index in [1.54, 1.807) is 0 Å². The molecule has 0 radical (unpaired) electrons. The molecule has 5 atom stereocenters. The van der Waals surface area contributed by atoms with Crippen molar-refractivity contribution in [2.45, 2.75) is 44.1 Å². The molecule has 2 saturated heterocycles. The highest BCUT2D eigenvalue weighted by Crippen LogP contribution is 2.34. The highest BCUT2D eigenvalue weighted by molar-refractivity contribution is 5.74. The molecule has 2 aromatic rings. The number of benzene rings is 2. The van der Waals surface area contributed by atoms with Crippen molar-refractivity contribution in [1.82, 2.24) is 10.2 Å². The number of piperidine rings is 1. The fourth-order valence-corrected chi connectivity index (χ4v) is 4.00. The first kappa shape index (κ1) is 21.3. The average molecular weight is 426 g/mol. The predicted molar refractivity (Wildman–Crippen MR) is 111 cm³/mol. The molecule has 2 aliphatic rings. The second kappa shape index (κ2) is 9.47.